The first-order valence-electron chi connectivity index (χ1n) is 8.14. The lowest BCUT2D eigenvalue weighted by atomic mass is 10.1. The first-order valence-corrected chi connectivity index (χ1v) is 8.14. The molecule has 0 aliphatic rings. The highest BCUT2D eigenvalue weighted by atomic mass is 16.2. The van der Waals surface area contributed by atoms with Gasteiger partial charge in [-0.2, -0.15) is 5.10 Å². The maximum atomic E-state index is 12.4. The fourth-order valence-electron chi connectivity index (χ4n) is 2.50. The molecule has 2 aromatic heterocycles. The standard InChI is InChI=1S/C19H19N5O2/c1-14(15-6-4-3-5-7-15)23(2)19(26)18(25)22-16-12-21-24(13-16)17-8-10-20-11-9-17/h3-14H,1-2H3,(H,22,25). The van der Waals surface area contributed by atoms with Gasteiger partial charge in [0.05, 0.1) is 29.8 Å². The molecule has 26 heavy (non-hydrogen) atoms. The number of carbonyl (C=O) groups is 2. The lowest BCUT2D eigenvalue weighted by Gasteiger charge is -2.24. The minimum absolute atomic E-state index is 0.214. The third-order valence-corrected chi connectivity index (χ3v) is 4.15. The van der Waals surface area contributed by atoms with E-state index in [-0.39, 0.29) is 6.04 Å². The molecule has 0 fully saturated rings. The zero-order valence-corrected chi connectivity index (χ0v) is 14.5. The van der Waals surface area contributed by atoms with Crippen LogP contribution in [0.3, 0.4) is 0 Å². The zero-order chi connectivity index (χ0) is 18.5. The van der Waals surface area contributed by atoms with E-state index in [9.17, 15) is 9.59 Å². The summed E-state index contributed by atoms with van der Waals surface area (Å²) in [5.74, 6) is -1.32. The summed E-state index contributed by atoms with van der Waals surface area (Å²) in [5.41, 5.74) is 2.21. The van der Waals surface area contributed by atoms with E-state index in [4.69, 9.17) is 0 Å². The van der Waals surface area contributed by atoms with Gasteiger partial charge in [0.2, 0.25) is 0 Å². The summed E-state index contributed by atoms with van der Waals surface area (Å²) in [4.78, 5) is 30.1. The van der Waals surface area contributed by atoms with Gasteiger partial charge in [0.25, 0.3) is 0 Å². The summed E-state index contributed by atoms with van der Waals surface area (Å²) < 4.78 is 1.60. The van der Waals surface area contributed by atoms with Crippen LogP contribution in [0, 0.1) is 0 Å². The summed E-state index contributed by atoms with van der Waals surface area (Å²) in [5, 5.41) is 6.77. The molecule has 0 radical (unpaired) electrons. The Hall–Kier alpha value is -3.48. The molecule has 0 bridgehead atoms. The average molecular weight is 349 g/mol. The van der Waals surface area contributed by atoms with Crippen LogP contribution in [0.2, 0.25) is 0 Å². The smallest absolute Gasteiger partial charge is 0.313 e. The first kappa shape index (κ1) is 17.3. The number of benzene rings is 1. The molecule has 1 N–H and O–H groups in total. The summed E-state index contributed by atoms with van der Waals surface area (Å²) in [6, 6.07) is 12.9. The number of rotatable bonds is 4. The number of hydrogen-bond donors (Lipinski definition) is 1. The van der Waals surface area contributed by atoms with Gasteiger partial charge < -0.3 is 10.2 Å². The minimum atomic E-state index is -0.704. The van der Waals surface area contributed by atoms with E-state index in [1.165, 1.54) is 11.1 Å². The lowest BCUT2D eigenvalue weighted by molar-refractivity contribution is -0.143. The second kappa shape index (κ2) is 7.60. The molecule has 7 nitrogen and oxygen atoms in total. The highest BCUT2D eigenvalue weighted by Gasteiger charge is 2.24. The van der Waals surface area contributed by atoms with Crippen molar-refractivity contribution in [3.8, 4) is 5.69 Å². The predicted molar refractivity (Wildman–Crippen MR) is 97.6 cm³/mol. The molecule has 1 unspecified atom stereocenters. The maximum absolute atomic E-state index is 12.4. The van der Waals surface area contributed by atoms with Gasteiger partial charge in [-0.15, -0.1) is 0 Å². The number of amides is 2. The number of hydrogen-bond acceptors (Lipinski definition) is 4. The molecule has 1 aromatic carbocycles. The number of aromatic nitrogens is 3. The molecule has 3 rings (SSSR count). The van der Waals surface area contributed by atoms with E-state index in [1.54, 1.807) is 42.5 Å². The van der Waals surface area contributed by atoms with Crippen LogP contribution in [0.15, 0.2) is 67.3 Å². The number of likely N-dealkylation sites (N-methyl/N-ethyl adjacent to an activating group) is 1. The summed E-state index contributed by atoms with van der Waals surface area (Å²) in [6.07, 6.45) is 6.44. The maximum Gasteiger partial charge on any atom is 0.313 e. The van der Waals surface area contributed by atoms with Crippen molar-refractivity contribution >= 4 is 17.5 Å². The molecule has 2 heterocycles. The summed E-state index contributed by atoms with van der Waals surface area (Å²) >= 11 is 0. The molecule has 132 valence electrons. The summed E-state index contributed by atoms with van der Waals surface area (Å²) in [6.45, 7) is 1.88. The largest absolute Gasteiger partial charge is 0.331 e. The second-order valence-electron chi connectivity index (χ2n) is 5.84. The molecule has 0 aliphatic carbocycles. The molecule has 0 spiro atoms. The van der Waals surface area contributed by atoms with Crippen molar-refractivity contribution in [2.24, 2.45) is 0 Å². The molecule has 7 heteroatoms. The Balaban J connectivity index is 1.66. The zero-order valence-electron chi connectivity index (χ0n) is 14.5. The van der Waals surface area contributed by atoms with Crippen LogP contribution >= 0.6 is 0 Å². The number of pyridine rings is 1. The molecule has 1 atom stereocenters. The highest BCUT2D eigenvalue weighted by molar-refractivity contribution is 6.39. The van der Waals surface area contributed by atoms with Gasteiger partial charge in [0, 0.05) is 19.4 Å². The van der Waals surface area contributed by atoms with Crippen molar-refractivity contribution in [3.63, 3.8) is 0 Å². The quantitative estimate of drug-likeness (QED) is 0.734. The molecule has 0 saturated heterocycles. The van der Waals surface area contributed by atoms with Crippen molar-refractivity contribution in [2.75, 3.05) is 12.4 Å². The Morgan fingerprint density at radius 2 is 1.81 bits per heavy atom. The van der Waals surface area contributed by atoms with Crippen LogP contribution < -0.4 is 5.32 Å². The fourth-order valence-corrected chi connectivity index (χ4v) is 2.50. The Kier molecular flexibility index (Phi) is 5.07. The predicted octanol–water partition coefficient (Wildman–Crippen LogP) is 2.43. The Bertz CT molecular complexity index is 893. The van der Waals surface area contributed by atoms with E-state index < -0.39 is 11.8 Å². The molecule has 3 aromatic rings. The van der Waals surface area contributed by atoms with Gasteiger partial charge in [-0.1, -0.05) is 30.3 Å². The van der Waals surface area contributed by atoms with E-state index >= 15 is 0 Å². The van der Waals surface area contributed by atoms with E-state index in [0.717, 1.165) is 11.3 Å². The number of carbonyl (C=O) groups excluding carboxylic acids is 2. The van der Waals surface area contributed by atoms with E-state index in [2.05, 4.69) is 15.4 Å². The van der Waals surface area contributed by atoms with Crippen LogP contribution in [-0.2, 0) is 9.59 Å². The summed E-state index contributed by atoms with van der Waals surface area (Å²) in [7, 11) is 1.61. The monoisotopic (exact) mass is 349 g/mol. The molecule has 0 saturated carbocycles. The molecule has 2 amide bonds. The van der Waals surface area contributed by atoms with Crippen LogP contribution in [0.1, 0.15) is 18.5 Å². The molecular formula is C19H19N5O2. The number of nitrogens with zero attached hydrogens (tertiary/aromatic N) is 4. The Morgan fingerprint density at radius 3 is 2.50 bits per heavy atom. The van der Waals surface area contributed by atoms with Crippen LogP contribution in [0.25, 0.3) is 5.69 Å². The highest BCUT2D eigenvalue weighted by Crippen LogP contribution is 2.18. The number of anilines is 1. The normalized spacial score (nSPS) is 11.6. The number of nitrogens with one attached hydrogen (secondary N) is 1. The van der Waals surface area contributed by atoms with Gasteiger partial charge in [-0.05, 0) is 24.6 Å². The minimum Gasteiger partial charge on any atom is -0.331 e. The van der Waals surface area contributed by atoms with Gasteiger partial charge in [-0.25, -0.2) is 4.68 Å². The second-order valence-corrected chi connectivity index (χ2v) is 5.84. The third-order valence-electron chi connectivity index (χ3n) is 4.15. The molecule has 0 aliphatic heterocycles. The van der Waals surface area contributed by atoms with Gasteiger partial charge >= 0.3 is 11.8 Å². The van der Waals surface area contributed by atoms with Crippen molar-refractivity contribution in [1.82, 2.24) is 19.7 Å². The topological polar surface area (TPSA) is 80.1 Å². The van der Waals surface area contributed by atoms with E-state index in [1.807, 2.05) is 37.3 Å². The molecular weight excluding hydrogens is 330 g/mol. The van der Waals surface area contributed by atoms with Gasteiger partial charge in [0.15, 0.2) is 0 Å². The van der Waals surface area contributed by atoms with Gasteiger partial charge in [0.1, 0.15) is 0 Å². The SMILES string of the molecule is CC(c1ccccc1)N(C)C(=O)C(=O)Nc1cnn(-c2ccncc2)c1. The van der Waals surface area contributed by atoms with Crippen LogP contribution in [0.5, 0.6) is 0 Å². The van der Waals surface area contributed by atoms with Crippen molar-refractivity contribution < 1.29 is 9.59 Å². The van der Waals surface area contributed by atoms with Crippen molar-refractivity contribution in [3.05, 3.63) is 72.8 Å². The Labute approximate surface area is 151 Å². The third kappa shape index (κ3) is 3.77. The first-order chi connectivity index (χ1) is 12.6. The fraction of sp³-hybridized carbons (Fsp3) is 0.158. The van der Waals surface area contributed by atoms with E-state index in [0.29, 0.717) is 5.69 Å². The van der Waals surface area contributed by atoms with Crippen LogP contribution in [-0.4, -0.2) is 38.5 Å². The van der Waals surface area contributed by atoms with Crippen molar-refractivity contribution in [2.45, 2.75) is 13.0 Å². The van der Waals surface area contributed by atoms with Gasteiger partial charge in [-0.3, -0.25) is 14.6 Å². The lowest BCUT2D eigenvalue weighted by Crippen LogP contribution is -2.38. The van der Waals surface area contributed by atoms with Crippen LogP contribution in [0.4, 0.5) is 5.69 Å². The average Bonchev–Trinajstić information content (AvgIpc) is 3.16. The Morgan fingerprint density at radius 1 is 1.12 bits per heavy atom. The van der Waals surface area contributed by atoms with Crippen molar-refractivity contribution in [1.29, 1.82) is 0 Å².